The Bertz CT molecular complexity index is 1040. The van der Waals surface area contributed by atoms with Gasteiger partial charge in [0.1, 0.15) is 18.5 Å². The van der Waals surface area contributed by atoms with Crippen molar-refractivity contribution in [2.45, 2.75) is 26.9 Å². The van der Waals surface area contributed by atoms with Crippen LogP contribution in [0.2, 0.25) is 0 Å². The molecule has 3 aromatic rings. The fraction of sp³-hybridized carbons (Fsp3) is 0.292. The Hall–Kier alpha value is -3.05. The molecule has 0 radical (unpaired) electrons. The minimum absolute atomic E-state index is 0.468. The second-order valence-corrected chi connectivity index (χ2v) is 7.26. The van der Waals surface area contributed by atoms with Crippen LogP contribution in [0.3, 0.4) is 0 Å². The normalized spacial score (nSPS) is 11.9. The number of pyridine rings is 1. The molecule has 0 saturated heterocycles. The predicted octanol–water partition coefficient (Wildman–Crippen LogP) is 4.91. The van der Waals surface area contributed by atoms with E-state index < -0.39 is 6.10 Å². The van der Waals surface area contributed by atoms with Crippen molar-refractivity contribution in [2.75, 3.05) is 20.8 Å². The first kappa shape index (κ1) is 20.7. The second kappa shape index (κ2) is 8.53. The highest BCUT2D eigenvalue weighted by atomic mass is 16.5. The summed E-state index contributed by atoms with van der Waals surface area (Å²) in [5.41, 5.74) is 4.20. The molecule has 0 fully saturated rings. The number of aliphatic hydroxyl groups is 1. The summed E-state index contributed by atoms with van der Waals surface area (Å²) in [4.78, 5) is 4.47. The van der Waals surface area contributed by atoms with Crippen LogP contribution >= 0.6 is 0 Å². The molecule has 1 unspecified atom stereocenters. The third kappa shape index (κ3) is 4.20. The molecule has 29 heavy (non-hydrogen) atoms. The van der Waals surface area contributed by atoms with Crippen molar-refractivity contribution >= 4 is 10.8 Å². The van der Waals surface area contributed by atoms with Gasteiger partial charge < -0.3 is 19.3 Å². The number of aliphatic hydroxyl groups excluding tert-OH is 1. The maximum Gasteiger partial charge on any atom is 0.161 e. The zero-order valence-electron chi connectivity index (χ0n) is 17.6. The molecule has 5 heteroatoms. The smallest absolute Gasteiger partial charge is 0.161 e. The van der Waals surface area contributed by atoms with E-state index in [1.54, 1.807) is 20.4 Å². The molecular weight excluding hydrogens is 366 g/mol. The fourth-order valence-corrected chi connectivity index (χ4v) is 3.46. The van der Waals surface area contributed by atoms with Crippen LogP contribution in [0.25, 0.3) is 10.8 Å². The number of benzene rings is 2. The van der Waals surface area contributed by atoms with Crippen molar-refractivity contribution in [3.8, 4) is 17.2 Å². The van der Waals surface area contributed by atoms with E-state index in [9.17, 15) is 5.11 Å². The SMILES string of the molecule is C=C(C)COc1c(C)cc(C(O)c2nccc3cc(OC)c(OC)cc23)cc1C. The Balaban J connectivity index is 2.05. The summed E-state index contributed by atoms with van der Waals surface area (Å²) in [5, 5.41) is 12.9. The third-order valence-electron chi connectivity index (χ3n) is 4.82. The molecule has 1 heterocycles. The standard InChI is InChI=1S/C24H27NO4/c1-14(2)13-29-24-15(3)9-18(10-16(24)4)23(26)22-19-12-21(28-6)20(27-5)11-17(19)7-8-25-22/h7-12,23,26H,1,13H2,2-6H3. The van der Waals surface area contributed by atoms with Gasteiger partial charge in [0.25, 0.3) is 0 Å². The molecule has 0 amide bonds. The van der Waals surface area contributed by atoms with Crippen LogP contribution in [0.15, 0.2) is 48.7 Å². The monoisotopic (exact) mass is 393 g/mol. The highest BCUT2D eigenvalue weighted by Crippen LogP contribution is 2.37. The van der Waals surface area contributed by atoms with Crippen LogP contribution in [0.5, 0.6) is 17.2 Å². The number of aromatic nitrogens is 1. The quantitative estimate of drug-likeness (QED) is 0.578. The average Bonchev–Trinajstić information content (AvgIpc) is 2.70. The van der Waals surface area contributed by atoms with Crippen LogP contribution in [0.4, 0.5) is 0 Å². The van der Waals surface area contributed by atoms with Gasteiger partial charge in [-0.25, -0.2) is 0 Å². The van der Waals surface area contributed by atoms with E-state index in [1.807, 2.05) is 51.1 Å². The number of ether oxygens (including phenoxy) is 3. The van der Waals surface area contributed by atoms with E-state index in [2.05, 4.69) is 11.6 Å². The molecule has 0 spiro atoms. The van der Waals surface area contributed by atoms with Crippen LogP contribution in [-0.2, 0) is 0 Å². The topological polar surface area (TPSA) is 60.8 Å². The Morgan fingerprint density at radius 2 is 1.69 bits per heavy atom. The summed E-state index contributed by atoms with van der Waals surface area (Å²) >= 11 is 0. The summed E-state index contributed by atoms with van der Waals surface area (Å²) in [6, 6.07) is 9.50. The molecule has 1 aromatic heterocycles. The minimum Gasteiger partial charge on any atom is -0.493 e. The van der Waals surface area contributed by atoms with Crippen molar-refractivity contribution in [3.05, 3.63) is 71.1 Å². The summed E-state index contributed by atoms with van der Waals surface area (Å²) < 4.78 is 16.7. The first-order valence-corrected chi connectivity index (χ1v) is 9.42. The van der Waals surface area contributed by atoms with Crippen LogP contribution in [0.1, 0.15) is 35.4 Å². The Labute approximate surface area is 171 Å². The van der Waals surface area contributed by atoms with Gasteiger partial charge in [-0.3, -0.25) is 4.98 Å². The van der Waals surface area contributed by atoms with E-state index >= 15 is 0 Å². The lowest BCUT2D eigenvalue weighted by atomic mass is 9.97. The van der Waals surface area contributed by atoms with Gasteiger partial charge in [0, 0.05) is 11.6 Å². The molecule has 3 rings (SSSR count). The van der Waals surface area contributed by atoms with Crippen molar-refractivity contribution in [1.29, 1.82) is 0 Å². The van der Waals surface area contributed by atoms with E-state index in [1.165, 1.54) is 0 Å². The molecule has 5 nitrogen and oxygen atoms in total. The number of nitrogens with zero attached hydrogens (tertiary/aromatic N) is 1. The molecule has 0 saturated carbocycles. The lowest BCUT2D eigenvalue weighted by Gasteiger charge is -2.18. The van der Waals surface area contributed by atoms with Gasteiger partial charge in [-0.15, -0.1) is 0 Å². The summed E-state index contributed by atoms with van der Waals surface area (Å²) in [6.07, 6.45) is 0.807. The van der Waals surface area contributed by atoms with Crippen molar-refractivity contribution in [3.63, 3.8) is 0 Å². The van der Waals surface area contributed by atoms with Crippen LogP contribution in [0, 0.1) is 13.8 Å². The van der Waals surface area contributed by atoms with Gasteiger partial charge in [0.2, 0.25) is 0 Å². The predicted molar refractivity (Wildman–Crippen MR) is 115 cm³/mol. The number of aryl methyl sites for hydroxylation is 2. The van der Waals surface area contributed by atoms with E-state index in [0.29, 0.717) is 23.8 Å². The lowest BCUT2D eigenvalue weighted by Crippen LogP contribution is -2.07. The average molecular weight is 393 g/mol. The van der Waals surface area contributed by atoms with Crippen LogP contribution in [-0.4, -0.2) is 30.9 Å². The first-order valence-electron chi connectivity index (χ1n) is 9.42. The number of fused-ring (bicyclic) bond motifs is 1. The summed E-state index contributed by atoms with van der Waals surface area (Å²) in [6.45, 7) is 10.2. The molecule has 0 aliphatic carbocycles. The van der Waals surface area contributed by atoms with E-state index in [4.69, 9.17) is 14.2 Å². The zero-order valence-corrected chi connectivity index (χ0v) is 17.6. The molecule has 0 aliphatic heterocycles. The van der Waals surface area contributed by atoms with Crippen molar-refractivity contribution < 1.29 is 19.3 Å². The zero-order chi connectivity index (χ0) is 21.1. The molecule has 1 atom stereocenters. The Kier molecular flexibility index (Phi) is 6.09. The maximum atomic E-state index is 11.1. The summed E-state index contributed by atoms with van der Waals surface area (Å²) in [5.74, 6) is 2.05. The van der Waals surface area contributed by atoms with Crippen LogP contribution < -0.4 is 14.2 Å². The molecule has 2 aromatic carbocycles. The van der Waals surface area contributed by atoms with Gasteiger partial charge in [-0.1, -0.05) is 6.58 Å². The lowest BCUT2D eigenvalue weighted by molar-refractivity contribution is 0.216. The third-order valence-corrected chi connectivity index (χ3v) is 4.82. The van der Waals surface area contributed by atoms with Gasteiger partial charge >= 0.3 is 0 Å². The van der Waals surface area contributed by atoms with E-state index in [0.717, 1.165) is 38.8 Å². The van der Waals surface area contributed by atoms with Crippen molar-refractivity contribution in [1.82, 2.24) is 4.98 Å². The Morgan fingerprint density at radius 1 is 1.07 bits per heavy atom. The first-order chi connectivity index (χ1) is 13.8. The highest BCUT2D eigenvalue weighted by Gasteiger charge is 2.19. The number of rotatable bonds is 7. The van der Waals surface area contributed by atoms with E-state index in [-0.39, 0.29) is 0 Å². The second-order valence-electron chi connectivity index (χ2n) is 7.26. The number of hydrogen-bond donors (Lipinski definition) is 1. The number of hydrogen-bond acceptors (Lipinski definition) is 5. The highest BCUT2D eigenvalue weighted by molar-refractivity contribution is 5.88. The molecule has 0 bridgehead atoms. The summed E-state index contributed by atoms with van der Waals surface area (Å²) in [7, 11) is 3.19. The van der Waals surface area contributed by atoms with Crippen molar-refractivity contribution in [2.24, 2.45) is 0 Å². The molecule has 1 N–H and O–H groups in total. The number of methoxy groups -OCH3 is 2. The maximum absolute atomic E-state index is 11.1. The largest absolute Gasteiger partial charge is 0.493 e. The van der Waals surface area contributed by atoms with Gasteiger partial charge in [-0.2, -0.15) is 0 Å². The van der Waals surface area contributed by atoms with Gasteiger partial charge in [0.05, 0.1) is 19.9 Å². The van der Waals surface area contributed by atoms with Gasteiger partial charge in [-0.05, 0) is 78.8 Å². The molecule has 0 aliphatic rings. The Morgan fingerprint density at radius 3 is 2.28 bits per heavy atom. The molecular formula is C24H27NO4. The minimum atomic E-state index is -0.885. The van der Waals surface area contributed by atoms with Gasteiger partial charge in [0.15, 0.2) is 11.5 Å². The fourth-order valence-electron chi connectivity index (χ4n) is 3.46. The molecule has 152 valence electrons.